The Balaban J connectivity index is 2.30. The second-order valence-corrected chi connectivity index (χ2v) is 19.8. The van der Waals surface area contributed by atoms with Crippen molar-refractivity contribution < 1.29 is 37.7 Å². The zero-order chi connectivity index (χ0) is 36.4. The molecule has 0 bridgehead atoms. The third kappa shape index (κ3) is 23.4. The molecule has 0 spiro atoms. The summed E-state index contributed by atoms with van der Waals surface area (Å²) in [6.07, 6.45) is 18.7. The third-order valence-electron chi connectivity index (χ3n) is 9.26. The molecule has 0 N–H and O–H groups in total. The summed E-state index contributed by atoms with van der Waals surface area (Å²) in [5.74, 6) is -0.165. The van der Waals surface area contributed by atoms with Gasteiger partial charge in [0.15, 0.2) is 14.6 Å². The van der Waals surface area contributed by atoms with E-state index in [-0.39, 0.29) is 42.5 Å². The van der Waals surface area contributed by atoms with Crippen LogP contribution in [-0.2, 0) is 32.9 Å². The molecule has 10 heteroatoms. The predicted octanol–water partition coefficient (Wildman–Crippen LogP) is 9.47. The van der Waals surface area contributed by atoms with Gasteiger partial charge < -0.3 is 33.0 Å². The molecular formula is C39H73NO8Si. The summed E-state index contributed by atoms with van der Waals surface area (Å²) < 4.78 is 34.6. The van der Waals surface area contributed by atoms with Crippen LogP contribution in [0.3, 0.4) is 0 Å². The second-order valence-electron chi connectivity index (χ2n) is 15.0. The summed E-state index contributed by atoms with van der Waals surface area (Å²) in [5.41, 5.74) is 0. The first-order chi connectivity index (χ1) is 23.4. The molecule has 286 valence electrons. The maximum atomic E-state index is 12.5. The standard InChI is InChI=1S/C39H73NO8Si/c1-9-11-13-15-17-19-27-43-37(44-28-20-18-16-14-12-10-2)24-23-36(41)45-31-34(3)32-46-38(42)47-33-35-22-21-25-40(30-35)26-29-48-49(7,8)39(4,5)6/h11-14,34-35,37H,9-10,15-33H2,1-8H3/b13-11-,14-12-. The van der Waals surface area contributed by atoms with Crippen LogP contribution in [0.2, 0.25) is 18.1 Å². The number of likely N-dealkylation sites (tertiary alicyclic amines) is 1. The topological polar surface area (TPSA) is 92.8 Å². The van der Waals surface area contributed by atoms with Gasteiger partial charge in [0.2, 0.25) is 0 Å². The fourth-order valence-electron chi connectivity index (χ4n) is 5.11. The highest BCUT2D eigenvalue weighted by atomic mass is 28.4. The Kier molecular flexibility index (Phi) is 25.0. The van der Waals surface area contributed by atoms with E-state index < -0.39 is 20.8 Å². The van der Waals surface area contributed by atoms with Crippen molar-refractivity contribution in [3.05, 3.63) is 24.3 Å². The van der Waals surface area contributed by atoms with Crippen molar-refractivity contribution in [1.29, 1.82) is 0 Å². The minimum Gasteiger partial charge on any atom is -0.465 e. The van der Waals surface area contributed by atoms with E-state index >= 15 is 0 Å². The lowest BCUT2D eigenvalue weighted by Gasteiger charge is -2.38. The summed E-state index contributed by atoms with van der Waals surface area (Å²) in [7, 11) is -1.75. The molecule has 0 saturated carbocycles. The Labute approximate surface area is 300 Å². The lowest BCUT2D eigenvalue weighted by molar-refractivity contribution is -0.160. The lowest BCUT2D eigenvalue weighted by atomic mass is 9.99. The molecule has 0 aromatic rings. The Morgan fingerprint density at radius 1 is 0.857 bits per heavy atom. The fourth-order valence-corrected chi connectivity index (χ4v) is 6.14. The second kappa shape index (κ2) is 27.0. The molecule has 1 aliphatic heterocycles. The molecule has 0 radical (unpaired) electrons. The monoisotopic (exact) mass is 712 g/mol. The molecule has 1 saturated heterocycles. The molecule has 0 aromatic carbocycles. The van der Waals surface area contributed by atoms with E-state index in [4.69, 9.17) is 28.1 Å². The van der Waals surface area contributed by atoms with E-state index in [2.05, 4.69) is 76.9 Å². The number of carbonyl (C=O) groups is 2. The van der Waals surface area contributed by atoms with Crippen molar-refractivity contribution in [3.8, 4) is 0 Å². The molecule has 1 rings (SSSR count). The molecule has 0 amide bonds. The van der Waals surface area contributed by atoms with Crippen LogP contribution >= 0.6 is 0 Å². The molecule has 2 atom stereocenters. The van der Waals surface area contributed by atoms with Crippen LogP contribution in [0.15, 0.2) is 24.3 Å². The number of allylic oxidation sites excluding steroid dienone is 4. The Bertz CT molecular complexity index is 895. The van der Waals surface area contributed by atoms with Gasteiger partial charge in [-0.3, -0.25) is 4.79 Å². The molecule has 0 aliphatic carbocycles. The van der Waals surface area contributed by atoms with Crippen molar-refractivity contribution in [2.75, 3.05) is 59.3 Å². The van der Waals surface area contributed by atoms with E-state index in [1.165, 1.54) is 0 Å². The first-order valence-electron chi connectivity index (χ1n) is 19.2. The molecule has 49 heavy (non-hydrogen) atoms. The fraction of sp³-hybridized carbons (Fsp3) is 0.846. The predicted molar refractivity (Wildman–Crippen MR) is 201 cm³/mol. The summed E-state index contributed by atoms with van der Waals surface area (Å²) in [5, 5.41) is 0.204. The van der Waals surface area contributed by atoms with Gasteiger partial charge >= 0.3 is 12.1 Å². The molecule has 1 fully saturated rings. The van der Waals surface area contributed by atoms with Crippen LogP contribution in [-0.4, -0.2) is 90.9 Å². The van der Waals surface area contributed by atoms with Crippen LogP contribution < -0.4 is 0 Å². The van der Waals surface area contributed by atoms with E-state index in [1.807, 2.05) is 6.92 Å². The van der Waals surface area contributed by atoms with Crippen molar-refractivity contribution in [2.45, 2.75) is 143 Å². The average Bonchev–Trinajstić information content (AvgIpc) is 3.06. The number of esters is 1. The molecule has 1 aliphatic rings. The number of hydrogen-bond donors (Lipinski definition) is 0. The van der Waals surface area contributed by atoms with Gasteiger partial charge in [-0.25, -0.2) is 4.79 Å². The summed E-state index contributed by atoms with van der Waals surface area (Å²) in [6, 6.07) is 0. The Morgan fingerprint density at radius 3 is 2.06 bits per heavy atom. The zero-order valence-electron chi connectivity index (χ0n) is 32.6. The number of carbonyl (C=O) groups excluding carboxylic acids is 2. The van der Waals surface area contributed by atoms with Gasteiger partial charge in [0.25, 0.3) is 0 Å². The van der Waals surface area contributed by atoms with Gasteiger partial charge in [-0.1, -0.05) is 65.8 Å². The maximum Gasteiger partial charge on any atom is 0.508 e. The Morgan fingerprint density at radius 2 is 1.47 bits per heavy atom. The van der Waals surface area contributed by atoms with Gasteiger partial charge in [-0.2, -0.15) is 0 Å². The summed E-state index contributed by atoms with van der Waals surface area (Å²) >= 11 is 0. The van der Waals surface area contributed by atoms with Crippen LogP contribution in [0, 0.1) is 11.8 Å². The number of nitrogens with zero attached hydrogens (tertiary/aromatic N) is 1. The largest absolute Gasteiger partial charge is 0.508 e. The van der Waals surface area contributed by atoms with E-state index in [0.29, 0.717) is 26.2 Å². The molecule has 2 unspecified atom stereocenters. The molecule has 9 nitrogen and oxygen atoms in total. The minimum atomic E-state index is -1.75. The zero-order valence-corrected chi connectivity index (χ0v) is 33.6. The van der Waals surface area contributed by atoms with Crippen LogP contribution in [0.5, 0.6) is 0 Å². The number of unbranched alkanes of at least 4 members (excludes halogenated alkanes) is 4. The summed E-state index contributed by atoms with van der Waals surface area (Å²) in [6.45, 7) is 22.9. The first-order valence-corrected chi connectivity index (χ1v) is 22.1. The van der Waals surface area contributed by atoms with Crippen molar-refractivity contribution in [1.82, 2.24) is 4.90 Å². The number of ether oxygens (including phenoxy) is 5. The number of rotatable bonds is 27. The quantitative estimate of drug-likeness (QED) is 0.0272. The minimum absolute atomic E-state index is 0.128. The van der Waals surface area contributed by atoms with E-state index in [9.17, 15) is 9.59 Å². The Hall–Kier alpha value is -1.72. The van der Waals surface area contributed by atoms with E-state index in [1.54, 1.807) is 0 Å². The number of piperidine rings is 1. The van der Waals surface area contributed by atoms with Gasteiger partial charge in [0.1, 0.15) is 6.61 Å². The van der Waals surface area contributed by atoms with Gasteiger partial charge in [-0.15, -0.1) is 0 Å². The highest BCUT2D eigenvalue weighted by Crippen LogP contribution is 2.36. The van der Waals surface area contributed by atoms with Crippen LogP contribution in [0.4, 0.5) is 4.79 Å². The molecule has 1 heterocycles. The van der Waals surface area contributed by atoms with Crippen LogP contribution in [0.25, 0.3) is 0 Å². The van der Waals surface area contributed by atoms with Crippen molar-refractivity contribution in [3.63, 3.8) is 0 Å². The highest BCUT2D eigenvalue weighted by molar-refractivity contribution is 6.74. The highest BCUT2D eigenvalue weighted by Gasteiger charge is 2.37. The van der Waals surface area contributed by atoms with Crippen molar-refractivity contribution in [2.24, 2.45) is 11.8 Å². The number of hydrogen-bond acceptors (Lipinski definition) is 9. The van der Waals surface area contributed by atoms with Crippen LogP contribution in [0.1, 0.15) is 119 Å². The molecular weight excluding hydrogens is 639 g/mol. The van der Waals surface area contributed by atoms with Crippen molar-refractivity contribution >= 4 is 20.4 Å². The third-order valence-corrected chi connectivity index (χ3v) is 13.8. The SMILES string of the molecule is CC/C=C\CCCCOC(CCC(=O)OCC(C)COC(=O)OCC1CCCN(CCO[Si](C)(C)C(C)(C)C)C1)OCCCC/C=C\CC. The van der Waals surface area contributed by atoms with E-state index in [0.717, 1.165) is 90.4 Å². The van der Waals surface area contributed by atoms with Gasteiger partial charge in [0.05, 0.1) is 19.6 Å². The lowest BCUT2D eigenvalue weighted by Crippen LogP contribution is -2.44. The first kappa shape index (κ1) is 45.3. The maximum absolute atomic E-state index is 12.5. The van der Waals surface area contributed by atoms with Gasteiger partial charge in [-0.05, 0) is 88.9 Å². The molecule has 0 aromatic heterocycles. The normalized spacial score (nSPS) is 16.9. The summed E-state index contributed by atoms with van der Waals surface area (Å²) in [4.78, 5) is 27.2. The van der Waals surface area contributed by atoms with Gasteiger partial charge in [0, 0.05) is 51.2 Å². The average molecular weight is 712 g/mol. The smallest absolute Gasteiger partial charge is 0.465 e.